The van der Waals surface area contributed by atoms with Crippen molar-refractivity contribution < 1.29 is 23.3 Å². The van der Waals surface area contributed by atoms with E-state index in [9.17, 15) is 13.2 Å². The van der Waals surface area contributed by atoms with Crippen LogP contribution >= 0.6 is 0 Å². The Morgan fingerprint density at radius 1 is 1.22 bits per heavy atom. The van der Waals surface area contributed by atoms with Crippen LogP contribution in [0, 0.1) is 10.8 Å². The van der Waals surface area contributed by atoms with E-state index in [1.807, 2.05) is 0 Å². The lowest BCUT2D eigenvalue weighted by molar-refractivity contribution is -0.372. The summed E-state index contributed by atoms with van der Waals surface area (Å²) < 4.78 is 39.8. The molecule has 18 heavy (non-hydrogen) atoms. The summed E-state index contributed by atoms with van der Waals surface area (Å²) in [7, 11) is 0. The molecular formula is C13H23F3O2. The van der Waals surface area contributed by atoms with Gasteiger partial charge in [0.15, 0.2) is 0 Å². The van der Waals surface area contributed by atoms with Crippen LogP contribution < -0.4 is 0 Å². The van der Waals surface area contributed by atoms with Crippen molar-refractivity contribution in [2.75, 3.05) is 0 Å². The number of halogens is 3. The molecule has 0 saturated heterocycles. The van der Waals surface area contributed by atoms with Gasteiger partial charge in [-0.05, 0) is 31.6 Å². The summed E-state index contributed by atoms with van der Waals surface area (Å²) in [6.07, 6.45) is -1.50. The first kappa shape index (κ1) is 15.8. The zero-order valence-electron chi connectivity index (χ0n) is 11.3. The van der Waals surface area contributed by atoms with Crippen molar-refractivity contribution in [3.63, 3.8) is 0 Å². The third-order valence-electron chi connectivity index (χ3n) is 4.69. The predicted molar refractivity (Wildman–Crippen MR) is 63.1 cm³/mol. The van der Waals surface area contributed by atoms with Crippen LogP contribution in [0.3, 0.4) is 0 Å². The van der Waals surface area contributed by atoms with Crippen molar-refractivity contribution >= 4 is 0 Å². The SMILES string of the molecule is CCC(C)(C(OO)C1(C)CCCCC1)C(F)(F)F. The molecule has 2 atom stereocenters. The van der Waals surface area contributed by atoms with Crippen molar-refractivity contribution in [3.05, 3.63) is 0 Å². The second-order valence-corrected chi connectivity index (χ2v) is 5.97. The summed E-state index contributed by atoms with van der Waals surface area (Å²) in [5.74, 6) is 0. The lowest BCUT2D eigenvalue weighted by atomic mass is 9.62. The molecule has 1 aliphatic carbocycles. The smallest absolute Gasteiger partial charge is 0.251 e. The standard InChI is InChI=1S/C13H23F3O2/c1-4-12(3,13(14,15)16)10(18-17)11(2)8-6-5-7-9-11/h10,17H,4-9H2,1-3H3. The van der Waals surface area contributed by atoms with E-state index in [-0.39, 0.29) is 6.42 Å². The molecule has 0 heterocycles. The fourth-order valence-corrected chi connectivity index (χ4v) is 3.17. The molecule has 0 aliphatic heterocycles. The highest BCUT2D eigenvalue weighted by molar-refractivity contribution is 4.98. The van der Waals surface area contributed by atoms with Gasteiger partial charge in [0.25, 0.3) is 0 Å². The van der Waals surface area contributed by atoms with Gasteiger partial charge in [0, 0.05) is 0 Å². The Labute approximate surface area is 106 Å². The van der Waals surface area contributed by atoms with Crippen LogP contribution in [0.25, 0.3) is 0 Å². The molecule has 0 aromatic rings. The maximum Gasteiger partial charge on any atom is 0.396 e. The van der Waals surface area contributed by atoms with Gasteiger partial charge in [-0.1, -0.05) is 33.1 Å². The fourth-order valence-electron chi connectivity index (χ4n) is 3.17. The third kappa shape index (κ3) is 2.67. The second-order valence-electron chi connectivity index (χ2n) is 5.97. The first-order valence-electron chi connectivity index (χ1n) is 6.58. The highest BCUT2D eigenvalue weighted by Gasteiger charge is 2.60. The molecule has 2 nitrogen and oxygen atoms in total. The van der Waals surface area contributed by atoms with Gasteiger partial charge in [-0.25, -0.2) is 4.89 Å². The molecule has 1 rings (SSSR count). The zero-order valence-corrected chi connectivity index (χ0v) is 11.3. The van der Waals surface area contributed by atoms with Crippen molar-refractivity contribution in [1.82, 2.24) is 0 Å². The van der Waals surface area contributed by atoms with Crippen LogP contribution in [0.15, 0.2) is 0 Å². The van der Waals surface area contributed by atoms with Crippen LogP contribution in [0.2, 0.25) is 0 Å². The fraction of sp³-hybridized carbons (Fsp3) is 1.00. The van der Waals surface area contributed by atoms with Crippen molar-refractivity contribution in [3.8, 4) is 0 Å². The van der Waals surface area contributed by atoms with E-state index in [1.165, 1.54) is 6.92 Å². The average molecular weight is 268 g/mol. The molecule has 0 aromatic carbocycles. The minimum Gasteiger partial charge on any atom is -0.251 e. The third-order valence-corrected chi connectivity index (χ3v) is 4.69. The normalized spacial score (nSPS) is 25.5. The van der Waals surface area contributed by atoms with E-state index >= 15 is 0 Å². The summed E-state index contributed by atoms with van der Waals surface area (Å²) in [5, 5.41) is 9.07. The lowest BCUT2D eigenvalue weighted by Gasteiger charge is -2.47. The van der Waals surface area contributed by atoms with Crippen molar-refractivity contribution in [2.24, 2.45) is 10.8 Å². The molecule has 0 spiro atoms. The van der Waals surface area contributed by atoms with Crippen molar-refractivity contribution in [1.29, 1.82) is 0 Å². The van der Waals surface area contributed by atoms with E-state index in [4.69, 9.17) is 5.26 Å². The molecule has 1 saturated carbocycles. The van der Waals surface area contributed by atoms with Crippen LogP contribution in [-0.4, -0.2) is 17.5 Å². The average Bonchev–Trinajstić information content (AvgIpc) is 2.28. The van der Waals surface area contributed by atoms with Gasteiger partial charge in [0.1, 0.15) is 6.10 Å². The van der Waals surface area contributed by atoms with E-state index in [0.717, 1.165) is 26.2 Å². The van der Waals surface area contributed by atoms with Crippen LogP contribution in [0.5, 0.6) is 0 Å². The Kier molecular flexibility index (Phi) is 4.70. The molecule has 0 aromatic heterocycles. The van der Waals surface area contributed by atoms with Crippen LogP contribution in [0.1, 0.15) is 59.3 Å². The van der Waals surface area contributed by atoms with Crippen LogP contribution in [-0.2, 0) is 4.89 Å². The topological polar surface area (TPSA) is 29.5 Å². The molecule has 0 radical (unpaired) electrons. The van der Waals surface area contributed by atoms with Crippen LogP contribution in [0.4, 0.5) is 13.2 Å². The number of hydrogen-bond donors (Lipinski definition) is 1. The Morgan fingerprint density at radius 2 is 1.72 bits per heavy atom. The van der Waals surface area contributed by atoms with E-state index in [2.05, 4.69) is 4.89 Å². The second kappa shape index (κ2) is 5.37. The summed E-state index contributed by atoms with van der Waals surface area (Å²) in [6.45, 7) is 4.44. The largest absolute Gasteiger partial charge is 0.396 e. The highest BCUT2D eigenvalue weighted by atomic mass is 19.4. The summed E-state index contributed by atoms with van der Waals surface area (Å²) in [4.78, 5) is 4.36. The van der Waals surface area contributed by atoms with Gasteiger partial charge in [0.05, 0.1) is 5.41 Å². The minimum absolute atomic E-state index is 0.0999. The predicted octanol–water partition coefficient (Wildman–Crippen LogP) is 4.79. The molecule has 108 valence electrons. The number of hydrogen-bond acceptors (Lipinski definition) is 2. The van der Waals surface area contributed by atoms with Gasteiger partial charge >= 0.3 is 6.18 Å². The zero-order chi connectivity index (χ0) is 14.0. The van der Waals surface area contributed by atoms with Gasteiger partial charge < -0.3 is 0 Å². The Balaban J connectivity index is 3.06. The maximum atomic E-state index is 13.3. The molecule has 5 heteroatoms. The Hall–Kier alpha value is -0.290. The Morgan fingerprint density at radius 3 is 2.06 bits per heavy atom. The number of rotatable bonds is 4. The maximum absolute atomic E-state index is 13.3. The molecule has 0 bridgehead atoms. The number of alkyl halides is 3. The molecule has 1 aliphatic rings. The summed E-state index contributed by atoms with van der Waals surface area (Å²) >= 11 is 0. The van der Waals surface area contributed by atoms with E-state index < -0.39 is 23.1 Å². The molecule has 0 amide bonds. The minimum atomic E-state index is -4.38. The summed E-state index contributed by atoms with van der Waals surface area (Å²) in [6, 6.07) is 0. The molecular weight excluding hydrogens is 245 g/mol. The van der Waals surface area contributed by atoms with Gasteiger partial charge in [-0.3, -0.25) is 5.26 Å². The molecule has 1 N–H and O–H groups in total. The molecule has 2 unspecified atom stereocenters. The first-order chi connectivity index (χ1) is 8.21. The highest BCUT2D eigenvalue weighted by Crippen LogP contribution is 2.53. The summed E-state index contributed by atoms with van der Waals surface area (Å²) in [5.41, 5.74) is -2.61. The quantitative estimate of drug-likeness (QED) is 0.586. The van der Waals surface area contributed by atoms with Gasteiger partial charge in [0.2, 0.25) is 0 Å². The molecule has 1 fully saturated rings. The lowest BCUT2D eigenvalue weighted by Crippen LogP contribution is -2.54. The monoisotopic (exact) mass is 268 g/mol. The van der Waals surface area contributed by atoms with E-state index in [0.29, 0.717) is 12.8 Å². The van der Waals surface area contributed by atoms with E-state index in [1.54, 1.807) is 6.92 Å². The van der Waals surface area contributed by atoms with Gasteiger partial charge in [-0.2, -0.15) is 13.2 Å². The first-order valence-corrected chi connectivity index (χ1v) is 6.58. The van der Waals surface area contributed by atoms with Gasteiger partial charge in [-0.15, -0.1) is 0 Å². The Bertz CT molecular complexity index is 272. The van der Waals surface area contributed by atoms with Crippen molar-refractivity contribution in [2.45, 2.75) is 71.6 Å².